The molecule has 1 aliphatic heterocycles. The zero-order chi connectivity index (χ0) is 17.0. The summed E-state index contributed by atoms with van der Waals surface area (Å²) in [4.78, 5) is 36.0. The fourth-order valence-electron chi connectivity index (χ4n) is 2.18. The summed E-state index contributed by atoms with van der Waals surface area (Å²) < 4.78 is 12.9. The Morgan fingerprint density at radius 2 is 1.91 bits per heavy atom. The van der Waals surface area contributed by atoms with Crippen LogP contribution in [0, 0.1) is 5.82 Å². The number of halogens is 1. The van der Waals surface area contributed by atoms with Gasteiger partial charge in [-0.1, -0.05) is 12.1 Å². The molecule has 122 valence electrons. The van der Waals surface area contributed by atoms with Crippen molar-refractivity contribution in [2.45, 2.75) is 13.0 Å². The highest BCUT2D eigenvalue weighted by molar-refractivity contribution is 6.19. The van der Waals surface area contributed by atoms with Crippen LogP contribution < -0.4 is 5.32 Å². The van der Waals surface area contributed by atoms with Gasteiger partial charge in [-0.25, -0.2) is 4.39 Å². The average molecular weight is 322 g/mol. The van der Waals surface area contributed by atoms with Crippen molar-refractivity contribution in [3.8, 4) is 0 Å². The van der Waals surface area contributed by atoms with E-state index in [9.17, 15) is 23.9 Å². The largest absolute Gasteiger partial charge is 0.511 e. The molecule has 0 radical (unpaired) electrons. The maximum absolute atomic E-state index is 12.9. The van der Waals surface area contributed by atoms with Gasteiger partial charge in [0, 0.05) is 19.5 Å². The molecule has 23 heavy (non-hydrogen) atoms. The second-order valence-corrected chi connectivity index (χ2v) is 5.00. The molecule has 0 atom stereocenters. The molecular formula is C15H15FN2O5. The summed E-state index contributed by atoms with van der Waals surface area (Å²) in [5.74, 6) is -3.65. The first-order valence-corrected chi connectivity index (χ1v) is 6.84. The lowest BCUT2D eigenvalue weighted by molar-refractivity contribution is -0.138. The van der Waals surface area contributed by atoms with Gasteiger partial charge in [0.25, 0.3) is 11.8 Å². The first-order valence-electron chi connectivity index (χ1n) is 6.84. The Morgan fingerprint density at radius 1 is 1.26 bits per heavy atom. The molecule has 0 bridgehead atoms. The number of carbonyl (C=O) groups excluding carboxylic acids is 2. The van der Waals surface area contributed by atoms with Crippen LogP contribution in [0.1, 0.15) is 12.0 Å². The van der Waals surface area contributed by atoms with E-state index in [0.29, 0.717) is 5.56 Å². The first-order chi connectivity index (χ1) is 10.9. The van der Waals surface area contributed by atoms with Gasteiger partial charge >= 0.3 is 5.97 Å². The number of rotatable bonds is 5. The molecule has 0 unspecified atom stereocenters. The molecule has 8 heteroatoms. The molecule has 0 aromatic heterocycles. The quantitative estimate of drug-likeness (QED) is 0.687. The highest BCUT2D eigenvalue weighted by Crippen LogP contribution is 2.20. The molecule has 1 aromatic carbocycles. The van der Waals surface area contributed by atoms with Crippen LogP contribution in [0.3, 0.4) is 0 Å². The SMILES string of the molecule is O=C(O)CNC(=O)C1=C(O)CCN(Cc2ccc(F)cc2)C1=O. The van der Waals surface area contributed by atoms with Crippen LogP contribution in [0.5, 0.6) is 0 Å². The molecule has 1 aliphatic rings. The maximum Gasteiger partial charge on any atom is 0.322 e. The molecule has 2 rings (SSSR count). The van der Waals surface area contributed by atoms with Crippen LogP contribution >= 0.6 is 0 Å². The number of hydrogen-bond donors (Lipinski definition) is 3. The number of hydrogen-bond acceptors (Lipinski definition) is 4. The molecule has 2 amide bonds. The van der Waals surface area contributed by atoms with E-state index in [2.05, 4.69) is 5.32 Å². The highest BCUT2D eigenvalue weighted by atomic mass is 19.1. The Kier molecular flexibility index (Phi) is 4.95. The van der Waals surface area contributed by atoms with Crippen molar-refractivity contribution in [1.82, 2.24) is 10.2 Å². The smallest absolute Gasteiger partial charge is 0.322 e. The molecule has 0 fully saturated rings. The first kappa shape index (κ1) is 16.5. The molecular weight excluding hydrogens is 307 g/mol. The summed E-state index contributed by atoms with van der Waals surface area (Å²) in [6.45, 7) is -0.291. The van der Waals surface area contributed by atoms with Gasteiger partial charge in [0.2, 0.25) is 0 Å². The van der Waals surface area contributed by atoms with Crippen molar-refractivity contribution in [3.05, 3.63) is 47.0 Å². The molecule has 3 N–H and O–H groups in total. The van der Waals surface area contributed by atoms with E-state index in [1.54, 1.807) is 0 Å². The monoisotopic (exact) mass is 322 g/mol. The van der Waals surface area contributed by atoms with Gasteiger partial charge in [0.15, 0.2) is 0 Å². The number of aliphatic hydroxyl groups is 1. The zero-order valence-corrected chi connectivity index (χ0v) is 12.1. The van der Waals surface area contributed by atoms with Crippen LogP contribution in [0.25, 0.3) is 0 Å². The Hall–Kier alpha value is -2.90. The second-order valence-electron chi connectivity index (χ2n) is 5.00. The molecule has 7 nitrogen and oxygen atoms in total. The third kappa shape index (κ3) is 4.06. The van der Waals surface area contributed by atoms with Crippen LogP contribution in [0.15, 0.2) is 35.6 Å². The summed E-state index contributed by atoms with van der Waals surface area (Å²) >= 11 is 0. The third-order valence-electron chi connectivity index (χ3n) is 3.32. The van der Waals surface area contributed by atoms with Gasteiger partial charge in [-0.3, -0.25) is 14.4 Å². The van der Waals surface area contributed by atoms with Crippen LogP contribution in [0.4, 0.5) is 4.39 Å². The standard InChI is InChI=1S/C15H15FN2O5/c16-10-3-1-9(2-4-10)8-18-6-5-11(19)13(15(18)23)14(22)17-7-12(20)21/h1-4,19H,5-8H2,(H,17,22)(H,20,21). The minimum atomic E-state index is -1.26. The minimum absolute atomic E-state index is 0.0861. The van der Waals surface area contributed by atoms with E-state index in [-0.39, 0.29) is 25.3 Å². The number of carboxylic acid groups (broad SMARTS) is 1. The predicted octanol–water partition coefficient (Wildman–Crippen LogP) is 0.571. The predicted molar refractivity (Wildman–Crippen MR) is 76.7 cm³/mol. The number of aliphatic carboxylic acids is 1. The van der Waals surface area contributed by atoms with E-state index >= 15 is 0 Å². The Morgan fingerprint density at radius 3 is 2.52 bits per heavy atom. The molecule has 1 heterocycles. The lowest BCUT2D eigenvalue weighted by Crippen LogP contribution is -2.43. The van der Waals surface area contributed by atoms with Crippen molar-refractivity contribution < 1.29 is 29.0 Å². The van der Waals surface area contributed by atoms with Crippen molar-refractivity contribution in [3.63, 3.8) is 0 Å². The number of benzene rings is 1. The fraction of sp³-hybridized carbons (Fsp3) is 0.267. The van der Waals surface area contributed by atoms with Crippen LogP contribution in [-0.2, 0) is 20.9 Å². The van der Waals surface area contributed by atoms with E-state index < -0.39 is 35.7 Å². The molecule has 0 saturated heterocycles. The Bertz CT molecular complexity index is 669. The van der Waals surface area contributed by atoms with E-state index in [1.165, 1.54) is 29.2 Å². The highest BCUT2D eigenvalue weighted by Gasteiger charge is 2.32. The van der Waals surface area contributed by atoms with Crippen LogP contribution in [0.2, 0.25) is 0 Å². The minimum Gasteiger partial charge on any atom is -0.511 e. The summed E-state index contributed by atoms with van der Waals surface area (Å²) in [5.41, 5.74) is 0.214. The lowest BCUT2D eigenvalue weighted by atomic mass is 10.0. The summed E-state index contributed by atoms with van der Waals surface area (Å²) in [6.07, 6.45) is 0.0861. The summed E-state index contributed by atoms with van der Waals surface area (Å²) in [7, 11) is 0. The number of aliphatic hydroxyl groups excluding tert-OH is 1. The van der Waals surface area contributed by atoms with Gasteiger partial charge < -0.3 is 20.4 Å². The molecule has 1 aromatic rings. The van der Waals surface area contributed by atoms with Crippen LogP contribution in [-0.4, -0.2) is 46.0 Å². The third-order valence-corrected chi connectivity index (χ3v) is 3.32. The Labute approximate surface area is 131 Å². The van der Waals surface area contributed by atoms with Crippen molar-refractivity contribution in [2.75, 3.05) is 13.1 Å². The van der Waals surface area contributed by atoms with Gasteiger partial charge in [-0.2, -0.15) is 0 Å². The number of amides is 2. The van der Waals surface area contributed by atoms with E-state index in [1.807, 2.05) is 0 Å². The summed E-state index contributed by atoms with van der Waals surface area (Å²) in [5, 5.41) is 20.4. The number of carbonyl (C=O) groups is 3. The van der Waals surface area contributed by atoms with Gasteiger partial charge in [0.05, 0.1) is 0 Å². The Balaban J connectivity index is 2.11. The molecule has 0 aliphatic carbocycles. The van der Waals surface area contributed by atoms with Crippen molar-refractivity contribution in [1.29, 1.82) is 0 Å². The lowest BCUT2D eigenvalue weighted by Gasteiger charge is -2.28. The van der Waals surface area contributed by atoms with Crippen molar-refractivity contribution >= 4 is 17.8 Å². The van der Waals surface area contributed by atoms with E-state index in [4.69, 9.17) is 5.11 Å². The van der Waals surface area contributed by atoms with Gasteiger partial charge in [0.1, 0.15) is 23.7 Å². The molecule has 0 saturated carbocycles. The van der Waals surface area contributed by atoms with Gasteiger partial charge in [-0.05, 0) is 17.7 Å². The second kappa shape index (κ2) is 6.91. The molecule has 0 spiro atoms. The zero-order valence-electron chi connectivity index (χ0n) is 12.1. The normalized spacial score (nSPS) is 14.8. The topological polar surface area (TPSA) is 107 Å². The summed E-state index contributed by atoms with van der Waals surface area (Å²) in [6, 6.07) is 5.56. The van der Waals surface area contributed by atoms with E-state index in [0.717, 1.165) is 0 Å². The number of nitrogens with zero attached hydrogens (tertiary/aromatic N) is 1. The van der Waals surface area contributed by atoms with Crippen molar-refractivity contribution in [2.24, 2.45) is 0 Å². The van der Waals surface area contributed by atoms with Gasteiger partial charge in [-0.15, -0.1) is 0 Å². The maximum atomic E-state index is 12.9. The number of carboxylic acids is 1. The number of nitrogens with one attached hydrogen (secondary N) is 1. The average Bonchev–Trinajstić information content (AvgIpc) is 2.50. The fourth-order valence-corrected chi connectivity index (χ4v) is 2.18.